The van der Waals surface area contributed by atoms with Crippen molar-refractivity contribution in [3.05, 3.63) is 40.9 Å². The zero-order chi connectivity index (χ0) is 14.3. The third kappa shape index (κ3) is 2.16. The molecule has 0 aromatic carbocycles. The van der Waals surface area contributed by atoms with E-state index in [-0.39, 0.29) is 17.3 Å². The van der Waals surface area contributed by atoms with Gasteiger partial charge in [0.15, 0.2) is 5.78 Å². The van der Waals surface area contributed by atoms with Gasteiger partial charge in [-0.3, -0.25) is 4.79 Å². The smallest absolute Gasteiger partial charge is 0.181 e. The van der Waals surface area contributed by atoms with E-state index in [2.05, 4.69) is 6.92 Å². The second kappa shape index (κ2) is 4.74. The molecule has 2 atom stereocenters. The molecule has 2 aliphatic carbocycles. The summed E-state index contributed by atoms with van der Waals surface area (Å²) in [6.07, 6.45) is 6.48. The molecule has 3 rings (SSSR count). The van der Waals surface area contributed by atoms with Gasteiger partial charge >= 0.3 is 0 Å². The van der Waals surface area contributed by atoms with E-state index in [9.17, 15) is 9.90 Å². The molecule has 1 fully saturated rings. The van der Waals surface area contributed by atoms with Crippen LogP contribution in [0.4, 0.5) is 0 Å². The van der Waals surface area contributed by atoms with E-state index in [1.54, 1.807) is 6.08 Å². The Morgan fingerprint density at radius 1 is 1.45 bits per heavy atom. The van der Waals surface area contributed by atoms with Crippen LogP contribution in [-0.4, -0.2) is 17.0 Å². The van der Waals surface area contributed by atoms with E-state index in [1.165, 1.54) is 0 Å². The normalized spacial score (nSPS) is 32.1. The van der Waals surface area contributed by atoms with Crippen molar-refractivity contribution in [3.8, 4) is 0 Å². The molecule has 0 amide bonds. The summed E-state index contributed by atoms with van der Waals surface area (Å²) in [7, 11) is 0. The molecule has 0 radical (unpaired) electrons. The maximum atomic E-state index is 12.2. The maximum Gasteiger partial charge on any atom is 0.181 e. The first-order chi connectivity index (χ1) is 9.49. The van der Waals surface area contributed by atoms with Crippen molar-refractivity contribution < 1.29 is 14.3 Å². The molecule has 1 heterocycles. The summed E-state index contributed by atoms with van der Waals surface area (Å²) in [5.74, 6) is 1.59. The number of allylic oxidation sites excluding steroid dienone is 2. The highest BCUT2D eigenvalue weighted by Gasteiger charge is 2.43. The van der Waals surface area contributed by atoms with Gasteiger partial charge in [-0.25, -0.2) is 0 Å². The average molecular weight is 272 g/mol. The van der Waals surface area contributed by atoms with Crippen molar-refractivity contribution >= 4 is 11.9 Å². The summed E-state index contributed by atoms with van der Waals surface area (Å²) in [6, 6.07) is 3.76. The quantitative estimate of drug-likeness (QED) is 0.797. The number of carbonyl (C=O) groups is 1. The number of hydrogen-bond acceptors (Lipinski definition) is 3. The molecular weight excluding hydrogens is 252 g/mol. The van der Waals surface area contributed by atoms with Crippen molar-refractivity contribution in [2.24, 2.45) is 5.41 Å². The van der Waals surface area contributed by atoms with Gasteiger partial charge in [0, 0.05) is 11.0 Å². The van der Waals surface area contributed by atoms with Gasteiger partial charge < -0.3 is 9.52 Å². The van der Waals surface area contributed by atoms with E-state index in [0.29, 0.717) is 12.2 Å². The highest BCUT2D eigenvalue weighted by atomic mass is 16.3. The summed E-state index contributed by atoms with van der Waals surface area (Å²) in [6.45, 7) is 3.95. The predicted octanol–water partition coefficient (Wildman–Crippen LogP) is 3.42. The second-order valence-electron chi connectivity index (χ2n) is 6.15. The summed E-state index contributed by atoms with van der Waals surface area (Å²) in [5.41, 5.74) is 1.54. The van der Waals surface area contributed by atoms with Gasteiger partial charge in [0.25, 0.3) is 0 Å². The molecule has 0 unspecified atom stereocenters. The number of ketones is 1. The Balaban J connectivity index is 1.97. The van der Waals surface area contributed by atoms with Gasteiger partial charge in [0.05, 0.1) is 6.10 Å². The fourth-order valence-corrected chi connectivity index (χ4v) is 3.33. The molecule has 1 aromatic heterocycles. The van der Waals surface area contributed by atoms with E-state index in [0.717, 1.165) is 36.2 Å². The minimum absolute atomic E-state index is 0.0561. The van der Waals surface area contributed by atoms with E-state index < -0.39 is 0 Å². The van der Waals surface area contributed by atoms with Gasteiger partial charge in [0.2, 0.25) is 0 Å². The van der Waals surface area contributed by atoms with Crippen molar-refractivity contribution in [2.45, 2.75) is 45.6 Å². The minimum atomic E-state index is -0.364. The molecule has 3 heteroatoms. The molecule has 0 bridgehead atoms. The zero-order valence-electron chi connectivity index (χ0n) is 12.0. The Kier molecular flexibility index (Phi) is 3.17. The molecule has 1 aromatic rings. The Hall–Kier alpha value is -1.61. The lowest BCUT2D eigenvalue weighted by Crippen LogP contribution is -2.40. The lowest BCUT2D eigenvalue weighted by molar-refractivity contribution is -0.112. The van der Waals surface area contributed by atoms with Crippen LogP contribution < -0.4 is 0 Å². The highest BCUT2D eigenvalue weighted by Crippen LogP contribution is 2.48. The maximum absolute atomic E-state index is 12.2. The largest absolute Gasteiger partial charge is 0.462 e. The van der Waals surface area contributed by atoms with Crippen molar-refractivity contribution in [1.29, 1.82) is 0 Å². The molecule has 1 saturated carbocycles. The average Bonchev–Trinajstić information content (AvgIpc) is 2.79. The van der Waals surface area contributed by atoms with Crippen LogP contribution in [0.5, 0.6) is 0 Å². The van der Waals surface area contributed by atoms with Crippen LogP contribution in [0.3, 0.4) is 0 Å². The topological polar surface area (TPSA) is 50.4 Å². The van der Waals surface area contributed by atoms with Crippen LogP contribution in [0, 0.1) is 12.3 Å². The minimum Gasteiger partial charge on any atom is -0.462 e. The fourth-order valence-electron chi connectivity index (χ4n) is 3.33. The SMILES string of the molecule is Cc1ccc(C=C2C[C@@]3(C)C(=CC2=O)CCC[C@@H]3O)o1. The molecule has 20 heavy (non-hydrogen) atoms. The molecule has 3 nitrogen and oxygen atoms in total. The van der Waals surface area contributed by atoms with Gasteiger partial charge in [-0.05, 0) is 56.9 Å². The van der Waals surface area contributed by atoms with E-state index >= 15 is 0 Å². The molecule has 2 aliphatic rings. The van der Waals surface area contributed by atoms with Crippen LogP contribution in [0.2, 0.25) is 0 Å². The summed E-state index contributed by atoms with van der Waals surface area (Å²) < 4.78 is 5.52. The monoisotopic (exact) mass is 272 g/mol. The first-order valence-electron chi connectivity index (χ1n) is 7.19. The third-order valence-electron chi connectivity index (χ3n) is 4.65. The van der Waals surface area contributed by atoms with Crippen LogP contribution in [0.1, 0.15) is 44.1 Å². The standard InChI is InChI=1S/C17H20O3/c1-11-6-7-14(20-11)8-12-10-17(2)13(9-15(12)18)4-3-5-16(17)19/h6-9,16,19H,3-5,10H2,1-2H3/t16-,17-/m0/s1. The number of rotatable bonds is 1. The van der Waals surface area contributed by atoms with Crippen LogP contribution in [0.15, 0.2) is 33.8 Å². The molecular formula is C17H20O3. The number of aliphatic hydroxyl groups excluding tert-OH is 1. The summed E-state index contributed by atoms with van der Waals surface area (Å²) in [4.78, 5) is 12.2. The number of furan rings is 1. The summed E-state index contributed by atoms with van der Waals surface area (Å²) in [5, 5.41) is 10.3. The zero-order valence-corrected chi connectivity index (χ0v) is 12.0. The van der Waals surface area contributed by atoms with Crippen LogP contribution in [0.25, 0.3) is 6.08 Å². The molecule has 0 saturated heterocycles. The van der Waals surface area contributed by atoms with Crippen LogP contribution in [-0.2, 0) is 4.79 Å². The summed E-state index contributed by atoms with van der Waals surface area (Å²) >= 11 is 0. The molecule has 106 valence electrons. The number of aryl methyl sites for hydroxylation is 1. The first-order valence-corrected chi connectivity index (χ1v) is 7.19. The van der Waals surface area contributed by atoms with Gasteiger partial charge in [0.1, 0.15) is 11.5 Å². The first kappa shape index (κ1) is 13.4. The Labute approximate surface area is 119 Å². The van der Waals surface area contributed by atoms with Gasteiger partial charge in [-0.1, -0.05) is 12.5 Å². The lowest BCUT2D eigenvalue weighted by Gasteiger charge is -2.43. The second-order valence-corrected chi connectivity index (χ2v) is 6.15. The predicted molar refractivity (Wildman–Crippen MR) is 77.1 cm³/mol. The number of fused-ring (bicyclic) bond motifs is 1. The third-order valence-corrected chi connectivity index (χ3v) is 4.65. The van der Waals surface area contributed by atoms with E-state index in [4.69, 9.17) is 4.42 Å². The Bertz CT molecular complexity index is 606. The number of carbonyl (C=O) groups excluding carboxylic acids is 1. The number of aliphatic hydroxyl groups is 1. The lowest BCUT2D eigenvalue weighted by atomic mass is 9.63. The number of hydrogen-bond donors (Lipinski definition) is 1. The Morgan fingerprint density at radius 3 is 2.95 bits per heavy atom. The fraction of sp³-hybridized carbons (Fsp3) is 0.471. The highest BCUT2D eigenvalue weighted by molar-refractivity contribution is 6.08. The van der Waals surface area contributed by atoms with Crippen molar-refractivity contribution in [2.75, 3.05) is 0 Å². The molecule has 0 aliphatic heterocycles. The van der Waals surface area contributed by atoms with E-state index in [1.807, 2.05) is 25.1 Å². The molecule has 0 spiro atoms. The van der Waals surface area contributed by atoms with Gasteiger partial charge in [-0.15, -0.1) is 0 Å². The van der Waals surface area contributed by atoms with Crippen molar-refractivity contribution in [3.63, 3.8) is 0 Å². The Morgan fingerprint density at radius 2 is 2.25 bits per heavy atom. The van der Waals surface area contributed by atoms with Gasteiger partial charge in [-0.2, -0.15) is 0 Å². The molecule has 1 N–H and O–H groups in total. The van der Waals surface area contributed by atoms with Crippen LogP contribution >= 0.6 is 0 Å². The van der Waals surface area contributed by atoms with Crippen molar-refractivity contribution in [1.82, 2.24) is 0 Å².